The van der Waals surface area contributed by atoms with Crippen molar-refractivity contribution in [2.75, 3.05) is 23.9 Å². The molecule has 4 heteroatoms. The number of aromatic nitrogens is 2. The number of para-hydroxylation sites is 4. The Morgan fingerprint density at radius 2 is 0.720 bits per heavy atom. The summed E-state index contributed by atoms with van der Waals surface area (Å²) in [5, 5.41) is 7.33. The quantitative estimate of drug-likeness (QED) is 0.128. The van der Waals surface area contributed by atoms with Gasteiger partial charge in [0.25, 0.3) is 0 Å². The Morgan fingerprint density at radius 3 is 1.41 bits per heavy atom. The van der Waals surface area contributed by atoms with Crippen molar-refractivity contribution in [2.45, 2.75) is 0 Å². The van der Waals surface area contributed by atoms with Crippen LogP contribution in [0.15, 0.2) is 303 Å². The van der Waals surface area contributed by atoms with Gasteiger partial charge in [0.1, 0.15) is 0 Å². The Kier molecular flexibility index (Phi) is 11.9. The second-order valence-electron chi connectivity index (χ2n) is 21.4. The Labute approximate surface area is 477 Å². The highest BCUT2D eigenvalue weighted by atomic mass is 15.1. The normalized spacial score (nSPS) is 11.5. The average molecular weight is 1050 g/mol. The fourth-order valence-electron chi connectivity index (χ4n) is 12.6. The standard InChI is InChI=1S/C78H56N4/c1-79(63-28-8-4-9-29-63)65-44-42-55(43-45-65)54-38-40-56(41-39-54)69-47-46-68(76-71-34-14-15-36-73(71)81(78(69)76)66-32-17-25-58(49-66)53-20-6-3-7-21-53)62-27-16-24-57(48-62)59-26-18-33-67(50-59)82-75-52-61-23-13-12-22-60(61)51-72(75)70-35-19-37-74(77(70)82)80(2)64-30-10-5-11-31-64/h3-52H,1-2H3. The SMILES string of the molecule is CN(c1ccccc1)c1ccc(-c2ccc(-c3ccc(-c4cccc(-c5cccc(-n6c7cc8ccccc8cc7c7cccc(N(C)c8ccccc8)c76)c5)c4)c4c5ccccc5n(-c5cccc(-c6ccccc6)c5)c34)cc2)cc1. The molecule has 0 fully saturated rings. The monoisotopic (exact) mass is 1050 g/mol. The number of rotatable bonds is 11. The fourth-order valence-corrected chi connectivity index (χ4v) is 12.6. The van der Waals surface area contributed by atoms with Crippen LogP contribution in [-0.4, -0.2) is 23.2 Å². The number of benzene rings is 13. The fraction of sp³-hybridized carbons (Fsp3) is 0.0256. The summed E-state index contributed by atoms with van der Waals surface area (Å²) in [6, 6.07) is 111. The van der Waals surface area contributed by atoms with Crippen LogP contribution in [0.25, 0.3) is 121 Å². The van der Waals surface area contributed by atoms with Gasteiger partial charge >= 0.3 is 0 Å². The maximum Gasteiger partial charge on any atom is 0.0778 e. The molecule has 0 bridgehead atoms. The van der Waals surface area contributed by atoms with Gasteiger partial charge in [0.15, 0.2) is 0 Å². The van der Waals surface area contributed by atoms with Crippen LogP contribution in [0.5, 0.6) is 0 Å². The minimum atomic E-state index is 1.11. The molecule has 0 radical (unpaired) electrons. The third kappa shape index (κ3) is 8.40. The van der Waals surface area contributed by atoms with Crippen LogP contribution in [0.4, 0.5) is 22.7 Å². The van der Waals surface area contributed by atoms with Crippen LogP contribution in [0.3, 0.4) is 0 Å². The average Bonchev–Trinajstić information content (AvgIpc) is 4.17. The Hall–Kier alpha value is -10.7. The number of hydrogen-bond donors (Lipinski definition) is 0. The highest BCUT2D eigenvalue weighted by Crippen LogP contribution is 2.46. The van der Waals surface area contributed by atoms with Gasteiger partial charge in [-0.1, -0.05) is 212 Å². The first-order chi connectivity index (χ1) is 40.5. The van der Waals surface area contributed by atoms with Crippen molar-refractivity contribution < 1.29 is 0 Å². The minimum absolute atomic E-state index is 1.11. The van der Waals surface area contributed by atoms with Crippen LogP contribution in [0, 0.1) is 0 Å². The number of hydrogen-bond acceptors (Lipinski definition) is 2. The van der Waals surface area contributed by atoms with Crippen molar-refractivity contribution >= 4 is 77.1 Å². The van der Waals surface area contributed by atoms with E-state index in [4.69, 9.17) is 0 Å². The summed E-state index contributed by atoms with van der Waals surface area (Å²) in [6.45, 7) is 0. The molecule has 0 unspecified atom stereocenters. The van der Waals surface area contributed by atoms with E-state index in [1.54, 1.807) is 0 Å². The van der Waals surface area contributed by atoms with Gasteiger partial charge < -0.3 is 18.9 Å². The predicted octanol–water partition coefficient (Wildman–Crippen LogP) is 20.9. The summed E-state index contributed by atoms with van der Waals surface area (Å²) in [5.74, 6) is 0. The molecule has 0 atom stereocenters. The number of nitrogens with zero attached hydrogens (tertiary/aromatic N) is 4. The Bertz CT molecular complexity index is 4860. The van der Waals surface area contributed by atoms with E-state index < -0.39 is 0 Å². The summed E-state index contributed by atoms with van der Waals surface area (Å²) >= 11 is 0. The Morgan fingerprint density at radius 1 is 0.256 bits per heavy atom. The minimum Gasteiger partial charge on any atom is -0.345 e. The smallest absolute Gasteiger partial charge is 0.0778 e. The molecule has 0 saturated carbocycles. The maximum atomic E-state index is 2.50. The van der Waals surface area contributed by atoms with Crippen molar-refractivity contribution in [3.05, 3.63) is 303 Å². The van der Waals surface area contributed by atoms with E-state index >= 15 is 0 Å². The van der Waals surface area contributed by atoms with Crippen LogP contribution in [0.1, 0.15) is 0 Å². The molecule has 0 saturated heterocycles. The van der Waals surface area contributed by atoms with Crippen LogP contribution >= 0.6 is 0 Å². The molecule has 388 valence electrons. The molecular weight excluding hydrogens is 993 g/mol. The summed E-state index contributed by atoms with van der Waals surface area (Å²) in [4.78, 5) is 4.54. The number of fused-ring (bicyclic) bond motifs is 7. The lowest BCUT2D eigenvalue weighted by atomic mass is 9.92. The lowest BCUT2D eigenvalue weighted by Gasteiger charge is -2.22. The highest BCUT2D eigenvalue weighted by molar-refractivity contribution is 6.20. The molecule has 15 rings (SSSR count). The van der Waals surface area contributed by atoms with Gasteiger partial charge in [0, 0.05) is 69.6 Å². The van der Waals surface area contributed by atoms with Gasteiger partial charge in [-0.15, -0.1) is 0 Å². The molecule has 0 aliphatic heterocycles. The van der Waals surface area contributed by atoms with E-state index in [9.17, 15) is 0 Å². The zero-order valence-corrected chi connectivity index (χ0v) is 45.7. The van der Waals surface area contributed by atoms with E-state index in [1.807, 2.05) is 0 Å². The molecule has 0 amide bonds. The van der Waals surface area contributed by atoms with Crippen molar-refractivity contribution in [1.29, 1.82) is 0 Å². The second kappa shape index (κ2) is 20.2. The van der Waals surface area contributed by atoms with Crippen LogP contribution in [0.2, 0.25) is 0 Å². The molecule has 0 spiro atoms. The van der Waals surface area contributed by atoms with Gasteiger partial charge in [-0.25, -0.2) is 0 Å². The van der Waals surface area contributed by atoms with E-state index in [0.29, 0.717) is 0 Å². The third-order valence-corrected chi connectivity index (χ3v) is 16.7. The molecule has 2 heterocycles. The van der Waals surface area contributed by atoms with Crippen molar-refractivity contribution in [3.63, 3.8) is 0 Å². The zero-order chi connectivity index (χ0) is 54.7. The summed E-state index contributed by atoms with van der Waals surface area (Å²) in [6.07, 6.45) is 0. The van der Waals surface area contributed by atoms with E-state index in [0.717, 1.165) is 61.9 Å². The lowest BCUT2D eigenvalue weighted by Crippen LogP contribution is -2.11. The Balaban J connectivity index is 0.878. The van der Waals surface area contributed by atoms with E-state index in [-0.39, 0.29) is 0 Å². The molecule has 15 aromatic rings. The van der Waals surface area contributed by atoms with E-state index in [2.05, 4.69) is 336 Å². The van der Waals surface area contributed by atoms with Crippen molar-refractivity contribution in [1.82, 2.24) is 9.13 Å². The zero-order valence-electron chi connectivity index (χ0n) is 45.7. The summed E-state index contributed by atoms with van der Waals surface area (Å²) < 4.78 is 4.98. The lowest BCUT2D eigenvalue weighted by molar-refractivity contribution is 1.15. The maximum absolute atomic E-state index is 2.50. The van der Waals surface area contributed by atoms with Gasteiger partial charge in [0.05, 0.1) is 27.8 Å². The van der Waals surface area contributed by atoms with Gasteiger partial charge in [0.2, 0.25) is 0 Å². The highest BCUT2D eigenvalue weighted by Gasteiger charge is 2.23. The van der Waals surface area contributed by atoms with Crippen LogP contribution < -0.4 is 9.80 Å². The first-order valence-corrected chi connectivity index (χ1v) is 28.2. The van der Waals surface area contributed by atoms with E-state index in [1.165, 1.54) is 82.2 Å². The molecule has 4 nitrogen and oxygen atoms in total. The largest absolute Gasteiger partial charge is 0.345 e. The van der Waals surface area contributed by atoms with Gasteiger partial charge in [-0.3, -0.25) is 0 Å². The van der Waals surface area contributed by atoms with Gasteiger partial charge in [-0.05, 0) is 152 Å². The van der Waals surface area contributed by atoms with Crippen LogP contribution in [-0.2, 0) is 0 Å². The molecule has 2 aromatic heterocycles. The topological polar surface area (TPSA) is 16.3 Å². The molecule has 13 aromatic carbocycles. The predicted molar refractivity (Wildman–Crippen MR) is 349 cm³/mol. The van der Waals surface area contributed by atoms with Crippen molar-refractivity contribution in [2.24, 2.45) is 0 Å². The summed E-state index contributed by atoms with van der Waals surface area (Å²) in [5.41, 5.74) is 23.2. The van der Waals surface area contributed by atoms with Gasteiger partial charge in [-0.2, -0.15) is 0 Å². The second-order valence-corrected chi connectivity index (χ2v) is 21.4. The summed E-state index contributed by atoms with van der Waals surface area (Å²) in [7, 11) is 4.30. The molecule has 0 aliphatic carbocycles. The van der Waals surface area contributed by atoms with Crippen molar-refractivity contribution in [3.8, 4) is 67.0 Å². The molecule has 0 aliphatic rings. The molecular formula is C78H56N4. The first-order valence-electron chi connectivity index (χ1n) is 28.2. The third-order valence-electron chi connectivity index (χ3n) is 16.7. The number of anilines is 4. The molecule has 0 N–H and O–H groups in total. The first kappa shape index (κ1) is 48.4. The molecule has 82 heavy (non-hydrogen) atoms.